The van der Waals surface area contributed by atoms with Crippen molar-refractivity contribution >= 4 is 11.9 Å². The molecule has 0 rings (SSSR count). The van der Waals surface area contributed by atoms with Gasteiger partial charge < -0.3 is 10.2 Å². The van der Waals surface area contributed by atoms with E-state index in [2.05, 4.69) is 6.58 Å². The molecule has 0 aliphatic rings. The molecule has 0 unspecified atom stereocenters. The van der Waals surface area contributed by atoms with Crippen LogP contribution in [0.2, 0.25) is 0 Å². The molecular formula is C8H9NO4. The Morgan fingerprint density at radius 1 is 1.31 bits per heavy atom. The van der Waals surface area contributed by atoms with Gasteiger partial charge in [0.2, 0.25) is 0 Å². The second-order valence-electron chi connectivity index (χ2n) is 1.90. The van der Waals surface area contributed by atoms with Crippen LogP contribution in [0.4, 0.5) is 0 Å². The van der Waals surface area contributed by atoms with Crippen molar-refractivity contribution in [2.24, 2.45) is 0 Å². The van der Waals surface area contributed by atoms with Crippen molar-refractivity contribution in [2.75, 3.05) is 0 Å². The highest BCUT2D eigenvalue weighted by Crippen LogP contribution is 1.74. The first kappa shape index (κ1) is 13.5. The molecule has 0 atom stereocenters. The normalized spacial score (nSPS) is 8.00. The van der Waals surface area contributed by atoms with Crippen molar-refractivity contribution < 1.29 is 19.8 Å². The molecular weight excluding hydrogens is 174 g/mol. The summed E-state index contributed by atoms with van der Waals surface area (Å²) in [7, 11) is 0. The number of allylic oxidation sites excluding steroid dienone is 1. The van der Waals surface area contributed by atoms with E-state index < -0.39 is 11.9 Å². The number of carboxylic acid groups (broad SMARTS) is 2. The first-order valence-corrected chi connectivity index (χ1v) is 3.09. The van der Waals surface area contributed by atoms with Gasteiger partial charge in [0.1, 0.15) is 0 Å². The van der Waals surface area contributed by atoms with Gasteiger partial charge in [0.25, 0.3) is 0 Å². The van der Waals surface area contributed by atoms with Gasteiger partial charge in [-0.2, -0.15) is 5.26 Å². The highest BCUT2D eigenvalue weighted by Gasteiger charge is 1.88. The molecule has 0 saturated heterocycles. The molecule has 0 saturated carbocycles. The maximum Gasteiger partial charge on any atom is 0.328 e. The number of aliphatic carboxylic acids is 2. The molecule has 2 N–H and O–H groups in total. The second kappa shape index (κ2) is 8.01. The summed E-state index contributed by atoms with van der Waals surface area (Å²) in [6, 6.07) is 1.83. The van der Waals surface area contributed by atoms with Gasteiger partial charge in [-0.3, -0.25) is 0 Å². The van der Waals surface area contributed by atoms with Gasteiger partial charge in [0, 0.05) is 17.7 Å². The summed E-state index contributed by atoms with van der Waals surface area (Å²) < 4.78 is 0. The SMILES string of the molecule is C=C(C)C#N.O=C(O)/C=C/C(=O)O. The second-order valence-corrected chi connectivity index (χ2v) is 1.90. The molecule has 0 aliphatic carbocycles. The van der Waals surface area contributed by atoms with Crippen LogP contribution in [0.25, 0.3) is 0 Å². The fourth-order valence-corrected chi connectivity index (χ4v) is 0.143. The Balaban J connectivity index is 0. The van der Waals surface area contributed by atoms with Gasteiger partial charge in [0.15, 0.2) is 0 Å². The van der Waals surface area contributed by atoms with Crippen molar-refractivity contribution in [3.8, 4) is 6.07 Å². The van der Waals surface area contributed by atoms with Crippen molar-refractivity contribution in [3.05, 3.63) is 24.3 Å². The van der Waals surface area contributed by atoms with Crippen molar-refractivity contribution in [2.45, 2.75) is 6.92 Å². The molecule has 5 heteroatoms. The Hall–Kier alpha value is -2.09. The standard InChI is InChI=1S/C4H5N.C4H4O4/c1-4(2)3-5;5-3(6)1-2-4(7)8/h1H2,2H3;1-2H,(H,5,6)(H,7,8)/b;2-1+. The van der Waals surface area contributed by atoms with Crippen molar-refractivity contribution in [3.63, 3.8) is 0 Å². The summed E-state index contributed by atoms with van der Waals surface area (Å²) in [5.41, 5.74) is 0.560. The lowest BCUT2D eigenvalue weighted by Crippen LogP contribution is -1.91. The maximum absolute atomic E-state index is 9.55. The Bertz CT molecular complexity index is 256. The highest BCUT2D eigenvalue weighted by atomic mass is 16.4. The number of carbonyl (C=O) groups is 2. The van der Waals surface area contributed by atoms with E-state index in [0.717, 1.165) is 0 Å². The molecule has 0 aromatic rings. The minimum absolute atomic E-state index is 0.558. The Morgan fingerprint density at radius 2 is 1.54 bits per heavy atom. The van der Waals surface area contributed by atoms with Crippen LogP contribution in [-0.4, -0.2) is 22.2 Å². The van der Waals surface area contributed by atoms with Crippen LogP contribution < -0.4 is 0 Å². The molecule has 0 radical (unpaired) electrons. The Morgan fingerprint density at radius 3 is 1.62 bits per heavy atom. The lowest BCUT2D eigenvalue weighted by atomic mass is 10.4. The molecule has 70 valence electrons. The molecule has 13 heavy (non-hydrogen) atoms. The molecule has 0 bridgehead atoms. The first-order valence-electron chi connectivity index (χ1n) is 3.09. The van der Waals surface area contributed by atoms with E-state index >= 15 is 0 Å². The number of hydrogen-bond donors (Lipinski definition) is 2. The van der Waals surface area contributed by atoms with Crippen LogP contribution in [0, 0.1) is 11.3 Å². The number of nitriles is 1. The molecule has 0 spiro atoms. The zero-order chi connectivity index (χ0) is 10.9. The zero-order valence-corrected chi connectivity index (χ0v) is 7.02. The minimum Gasteiger partial charge on any atom is -0.478 e. The summed E-state index contributed by atoms with van der Waals surface area (Å²) in [6.45, 7) is 4.98. The molecule has 0 aliphatic heterocycles. The molecule has 0 fully saturated rings. The van der Waals surface area contributed by atoms with Crippen LogP contribution in [-0.2, 0) is 9.59 Å². The molecule has 0 aromatic carbocycles. The topological polar surface area (TPSA) is 98.4 Å². The van der Waals surface area contributed by atoms with Gasteiger partial charge >= 0.3 is 11.9 Å². The summed E-state index contributed by atoms with van der Waals surface area (Å²) >= 11 is 0. The van der Waals surface area contributed by atoms with E-state index in [4.69, 9.17) is 15.5 Å². The van der Waals surface area contributed by atoms with Gasteiger partial charge in [-0.05, 0) is 6.92 Å². The molecule has 0 heterocycles. The van der Waals surface area contributed by atoms with Crippen LogP contribution >= 0.6 is 0 Å². The predicted molar refractivity (Wildman–Crippen MR) is 44.8 cm³/mol. The van der Waals surface area contributed by atoms with E-state index in [1.807, 2.05) is 6.07 Å². The lowest BCUT2D eigenvalue weighted by Gasteiger charge is -1.74. The number of nitrogens with zero attached hydrogens (tertiary/aromatic N) is 1. The lowest BCUT2D eigenvalue weighted by molar-refractivity contribution is -0.134. The molecule has 0 amide bonds. The van der Waals surface area contributed by atoms with E-state index in [0.29, 0.717) is 17.7 Å². The molecule has 5 nitrogen and oxygen atoms in total. The number of hydrogen-bond acceptors (Lipinski definition) is 3. The summed E-state index contributed by atoms with van der Waals surface area (Å²) in [4.78, 5) is 19.1. The van der Waals surface area contributed by atoms with Gasteiger partial charge in [0.05, 0.1) is 6.07 Å². The molecule has 0 aromatic heterocycles. The van der Waals surface area contributed by atoms with E-state index in [1.54, 1.807) is 6.92 Å². The van der Waals surface area contributed by atoms with E-state index in [1.165, 1.54) is 0 Å². The van der Waals surface area contributed by atoms with E-state index in [-0.39, 0.29) is 0 Å². The van der Waals surface area contributed by atoms with Crippen LogP contribution in [0.15, 0.2) is 24.3 Å². The average molecular weight is 183 g/mol. The third-order valence-electron chi connectivity index (χ3n) is 0.559. The summed E-state index contributed by atoms with van der Waals surface area (Å²) in [5, 5.41) is 23.4. The fourth-order valence-electron chi connectivity index (χ4n) is 0.143. The van der Waals surface area contributed by atoms with Crippen LogP contribution in [0.3, 0.4) is 0 Å². The summed E-state index contributed by atoms with van der Waals surface area (Å²) in [5.74, 6) is -2.51. The highest BCUT2D eigenvalue weighted by molar-refractivity contribution is 5.89. The van der Waals surface area contributed by atoms with Crippen molar-refractivity contribution in [1.29, 1.82) is 5.26 Å². The van der Waals surface area contributed by atoms with Gasteiger partial charge in [-0.15, -0.1) is 0 Å². The third kappa shape index (κ3) is 25.7. The van der Waals surface area contributed by atoms with Crippen LogP contribution in [0.1, 0.15) is 6.92 Å². The van der Waals surface area contributed by atoms with E-state index in [9.17, 15) is 9.59 Å². The first-order chi connectivity index (χ1) is 5.90. The largest absolute Gasteiger partial charge is 0.478 e. The third-order valence-corrected chi connectivity index (χ3v) is 0.559. The van der Waals surface area contributed by atoms with Crippen LogP contribution in [0.5, 0.6) is 0 Å². The average Bonchev–Trinajstić information content (AvgIpc) is 2.02. The van der Waals surface area contributed by atoms with Gasteiger partial charge in [-0.1, -0.05) is 6.58 Å². The Labute approximate surface area is 75.2 Å². The minimum atomic E-state index is -1.26. The van der Waals surface area contributed by atoms with Crippen molar-refractivity contribution in [1.82, 2.24) is 0 Å². The number of carboxylic acids is 2. The monoisotopic (exact) mass is 183 g/mol. The van der Waals surface area contributed by atoms with Gasteiger partial charge in [-0.25, -0.2) is 9.59 Å². The quantitative estimate of drug-likeness (QED) is 0.487. The predicted octanol–water partition coefficient (Wildman–Crippen LogP) is 0.798. The fraction of sp³-hybridized carbons (Fsp3) is 0.125. The smallest absolute Gasteiger partial charge is 0.328 e. The Kier molecular flexibility index (Phi) is 8.32. The maximum atomic E-state index is 9.55. The zero-order valence-electron chi connectivity index (χ0n) is 7.02. The number of rotatable bonds is 2. The summed E-state index contributed by atoms with van der Waals surface area (Å²) in [6.07, 6.45) is 1.12.